The third-order valence-electron chi connectivity index (χ3n) is 4.12. The molecule has 1 amide bonds. The first kappa shape index (κ1) is 15.6. The van der Waals surface area contributed by atoms with Crippen molar-refractivity contribution in [3.05, 3.63) is 66.0 Å². The Labute approximate surface area is 135 Å². The maximum absolute atomic E-state index is 12.6. The second-order valence-electron chi connectivity index (χ2n) is 5.69. The van der Waals surface area contributed by atoms with Crippen molar-refractivity contribution in [1.29, 1.82) is 0 Å². The number of nitrogens with two attached hydrogens (primary N) is 1. The molecule has 5 heteroatoms. The Morgan fingerprint density at radius 2 is 1.87 bits per heavy atom. The molecule has 0 spiro atoms. The van der Waals surface area contributed by atoms with Crippen LogP contribution in [0, 0.1) is 0 Å². The summed E-state index contributed by atoms with van der Waals surface area (Å²) in [4.78, 5) is 16.6. The molecule has 2 heterocycles. The number of benzene rings is 1. The number of hydrogen-bond acceptors (Lipinski definition) is 4. The van der Waals surface area contributed by atoms with Gasteiger partial charge in [0.1, 0.15) is 6.10 Å². The van der Waals surface area contributed by atoms with Crippen LogP contribution in [0.25, 0.3) is 0 Å². The Morgan fingerprint density at radius 3 is 2.52 bits per heavy atom. The maximum Gasteiger partial charge on any atom is 0.249 e. The summed E-state index contributed by atoms with van der Waals surface area (Å²) in [7, 11) is 0. The topological polar surface area (TPSA) is 77.2 Å². The molecule has 1 saturated heterocycles. The van der Waals surface area contributed by atoms with Gasteiger partial charge in [0.2, 0.25) is 5.91 Å². The number of carbonyl (C=O) groups is 1. The molecule has 3 atom stereocenters. The molecule has 120 valence electrons. The molecule has 1 aliphatic heterocycles. The number of ether oxygens (including phenoxy) is 1. The molecule has 3 rings (SSSR count). The average molecular weight is 311 g/mol. The van der Waals surface area contributed by atoms with Crippen molar-refractivity contribution >= 4 is 5.91 Å². The fourth-order valence-corrected chi connectivity index (χ4v) is 2.87. The number of hydrogen-bond donors (Lipinski definition) is 2. The van der Waals surface area contributed by atoms with Crippen LogP contribution in [0.4, 0.5) is 0 Å². The average Bonchev–Trinajstić information content (AvgIpc) is 3.10. The first-order valence-electron chi connectivity index (χ1n) is 7.88. The monoisotopic (exact) mass is 311 g/mol. The van der Waals surface area contributed by atoms with E-state index in [4.69, 9.17) is 10.5 Å². The first-order valence-corrected chi connectivity index (χ1v) is 7.88. The van der Waals surface area contributed by atoms with Crippen molar-refractivity contribution in [2.45, 2.75) is 31.1 Å². The number of amides is 1. The lowest BCUT2D eigenvalue weighted by Gasteiger charge is -2.22. The van der Waals surface area contributed by atoms with Gasteiger partial charge in [-0.1, -0.05) is 30.3 Å². The van der Waals surface area contributed by atoms with E-state index in [0.29, 0.717) is 13.0 Å². The zero-order chi connectivity index (χ0) is 16.1. The van der Waals surface area contributed by atoms with Gasteiger partial charge in [-0.3, -0.25) is 9.78 Å². The van der Waals surface area contributed by atoms with Gasteiger partial charge in [-0.05, 0) is 36.1 Å². The fourth-order valence-electron chi connectivity index (χ4n) is 2.87. The molecule has 0 bridgehead atoms. The van der Waals surface area contributed by atoms with Gasteiger partial charge in [-0.25, -0.2) is 0 Å². The molecule has 0 aliphatic carbocycles. The standard InChI is InChI=1S/C18H21N3O2/c19-12-15-6-7-16(23-15)18(22)21-17(13-4-2-1-3-5-13)14-8-10-20-11-9-14/h1-5,8-11,15-17H,6-7,12,19H2,(H,21,22)/t15-,16+,17?/m1/s1. The van der Waals surface area contributed by atoms with Crippen LogP contribution in [0.1, 0.15) is 30.0 Å². The molecule has 0 radical (unpaired) electrons. The van der Waals surface area contributed by atoms with Crippen LogP contribution in [-0.4, -0.2) is 29.6 Å². The molecule has 5 nitrogen and oxygen atoms in total. The van der Waals surface area contributed by atoms with Crippen LogP contribution in [0.5, 0.6) is 0 Å². The van der Waals surface area contributed by atoms with E-state index in [1.807, 2.05) is 42.5 Å². The van der Waals surface area contributed by atoms with E-state index in [-0.39, 0.29) is 18.1 Å². The quantitative estimate of drug-likeness (QED) is 0.882. The summed E-state index contributed by atoms with van der Waals surface area (Å²) in [6, 6.07) is 13.5. The van der Waals surface area contributed by atoms with Gasteiger partial charge in [-0.2, -0.15) is 0 Å². The lowest BCUT2D eigenvalue weighted by Crippen LogP contribution is -2.38. The lowest BCUT2D eigenvalue weighted by molar-refractivity contribution is -0.132. The van der Waals surface area contributed by atoms with Gasteiger partial charge in [0, 0.05) is 18.9 Å². The van der Waals surface area contributed by atoms with E-state index < -0.39 is 6.10 Å². The van der Waals surface area contributed by atoms with Crippen LogP contribution in [0.2, 0.25) is 0 Å². The minimum atomic E-state index is -0.420. The maximum atomic E-state index is 12.6. The second kappa shape index (κ2) is 7.35. The van der Waals surface area contributed by atoms with Gasteiger partial charge in [0.05, 0.1) is 12.1 Å². The summed E-state index contributed by atoms with van der Waals surface area (Å²) in [5.41, 5.74) is 7.64. The van der Waals surface area contributed by atoms with E-state index in [1.165, 1.54) is 0 Å². The van der Waals surface area contributed by atoms with Crippen LogP contribution in [-0.2, 0) is 9.53 Å². The molecule has 23 heavy (non-hydrogen) atoms. The van der Waals surface area contributed by atoms with Gasteiger partial charge in [0.15, 0.2) is 0 Å². The molecular formula is C18H21N3O2. The molecule has 1 fully saturated rings. The predicted molar refractivity (Wildman–Crippen MR) is 87.6 cm³/mol. The minimum Gasteiger partial charge on any atom is -0.364 e. The van der Waals surface area contributed by atoms with Crippen molar-refractivity contribution in [2.24, 2.45) is 5.73 Å². The number of nitrogens with one attached hydrogen (secondary N) is 1. The number of aromatic nitrogens is 1. The second-order valence-corrected chi connectivity index (χ2v) is 5.69. The molecule has 0 saturated carbocycles. The van der Waals surface area contributed by atoms with Crippen molar-refractivity contribution in [3.63, 3.8) is 0 Å². The van der Waals surface area contributed by atoms with Gasteiger partial charge in [-0.15, -0.1) is 0 Å². The van der Waals surface area contributed by atoms with E-state index in [9.17, 15) is 4.79 Å². The molecule has 1 aromatic heterocycles. The van der Waals surface area contributed by atoms with E-state index in [1.54, 1.807) is 12.4 Å². The third-order valence-corrected chi connectivity index (χ3v) is 4.12. The van der Waals surface area contributed by atoms with Crippen LogP contribution in [0.15, 0.2) is 54.9 Å². The molecular weight excluding hydrogens is 290 g/mol. The lowest BCUT2D eigenvalue weighted by atomic mass is 9.99. The Morgan fingerprint density at radius 1 is 1.17 bits per heavy atom. The van der Waals surface area contributed by atoms with Gasteiger partial charge in [0.25, 0.3) is 0 Å². The van der Waals surface area contributed by atoms with Crippen molar-refractivity contribution in [2.75, 3.05) is 6.54 Å². The summed E-state index contributed by atoms with van der Waals surface area (Å²) in [5.74, 6) is -0.0911. The van der Waals surface area contributed by atoms with Gasteiger partial charge < -0.3 is 15.8 Å². The van der Waals surface area contributed by atoms with E-state index in [2.05, 4.69) is 10.3 Å². The predicted octanol–water partition coefficient (Wildman–Crippen LogP) is 1.79. The number of rotatable bonds is 5. The Kier molecular flexibility index (Phi) is 5.00. The Balaban J connectivity index is 1.78. The first-order chi connectivity index (χ1) is 11.3. The highest BCUT2D eigenvalue weighted by Gasteiger charge is 2.31. The summed E-state index contributed by atoms with van der Waals surface area (Å²) in [5, 5.41) is 3.10. The number of nitrogens with zero attached hydrogens (tertiary/aromatic N) is 1. The zero-order valence-corrected chi connectivity index (χ0v) is 12.9. The van der Waals surface area contributed by atoms with Gasteiger partial charge >= 0.3 is 0 Å². The smallest absolute Gasteiger partial charge is 0.249 e. The summed E-state index contributed by atoms with van der Waals surface area (Å²) >= 11 is 0. The van der Waals surface area contributed by atoms with Crippen molar-refractivity contribution < 1.29 is 9.53 Å². The SMILES string of the molecule is NC[C@H]1CC[C@@H](C(=O)NC(c2ccccc2)c2ccncc2)O1. The normalized spacial score (nSPS) is 21.8. The number of carbonyl (C=O) groups excluding carboxylic acids is 1. The largest absolute Gasteiger partial charge is 0.364 e. The van der Waals surface area contributed by atoms with Crippen LogP contribution >= 0.6 is 0 Å². The molecule has 1 aromatic carbocycles. The Bertz CT molecular complexity index is 594. The molecule has 3 N–H and O–H groups in total. The van der Waals surface area contributed by atoms with E-state index in [0.717, 1.165) is 17.5 Å². The number of pyridine rings is 1. The highest BCUT2D eigenvalue weighted by Crippen LogP contribution is 2.24. The highest BCUT2D eigenvalue weighted by molar-refractivity contribution is 5.82. The van der Waals surface area contributed by atoms with E-state index >= 15 is 0 Å². The summed E-state index contributed by atoms with van der Waals surface area (Å²) in [6.07, 6.45) is 4.58. The molecule has 1 aliphatic rings. The fraction of sp³-hybridized carbons (Fsp3) is 0.333. The zero-order valence-electron chi connectivity index (χ0n) is 12.9. The Hall–Kier alpha value is -2.24. The van der Waals surface area contributed by atoms with Crippen molar-refractivity contribution in [1.82, 2.24) is 10.3 Å². The highest BCUT2D eigenvalue weighted by atomic mass is 16.5. The summed E-state index contributed by atoms with van der Waals surface area (Å²) < 4.78 is 5.70. The van der Waals surface area contributed by atoms with Crippen LogP contribution < -0.4 is 11.1 Å². The van der Waals surface area contributed by atoms with Crippen molar-refractivity contribution in [3.8, 4) is 0 Å². The summed E-state index contributed by atoms with van der Waals surface area (Å²) in [6.45, 7) is 0.455. The third kappa shape index (κ3) is 3.75. The minimum absolute atomic E-state index is 0.0122. The van der Waals surface area contributed by atoms with Crippen LogP contribution in [0.3, 0.4) is 0 Å². The molecule has 1 unspecified atom stereocenters. The molecule has 2 aromatic rings.